The van der Waals surface area contributed by atoms with Crippen LogP contribution in [0.25, 0.3) is 0 Å². The molecule has 0 unspecified atom stereocenters. The molecule has 1 amide bonds. The van der Waals surface area contributed by atoms with Gasteiger partial charge in [0.1, 0.15) is 6.54 Å². The van der Waals surface area contributed by atoms with Gasteiger partial charge in [0.2, 0.25) is 0 Å². The van der Waals surface area contributed by atoms with E-state index in [4.69, 9.17) is 34.8 Å². The molecule has 2 aromatic carbocycles. The van der Waals surface area contributed by atoms with Gasteiger partial charge in [0.05, 0.1) is 15.6 Å². The SMILES string of the molecule is Cc1ccc(C)n1N(CC(=O)c1ccc(Cl)cc1Cl)C(=O)c1ccccc1Cl. The van der Waals surface area contributed by atoms with E-state index in [1.54, 1.807) is 41.1 Å². The van der Waals surface area contributed by atoms with Crippen molar-refractivity contribution < 1.29 is 9.59 Å². The molecule has 7 heteroatoms. The number of halogens is 3. The molecule has 0 saturated heterocycles. The van der Waals surface area contributed by atoms with Crippen LogP contribution in [0.2, 0.25) is 15.1 Å². The van der Waals surface area contributed by atoms with Crippen molar-refractivity contribution in [3.05, 3.63) is 92.2 Å². The molecular weight excluding hydrogens is 419 g/mol. The highest BCUT2D eigenvalue weighted by Gasteiger charge is 2.25. The number of aromatic nitrogens is 1. The zero-order valence-corrected chi connectivity index (χ0v) is 17.5. The third-order valence-corrected chi connectivity index (χ3v) is 5.22. The summed E-state index contributed by atoms with van der Waals surface area (Å²) in [6.07, 6.45) is 0. The standard InChI is InChI=1S/C21H17Cl3N2O2/c1-13-7-8-14(2)26(13)25(21(28)17-5-3-4-6-18(17)23)12-20(27)16-10-9-15(22)11-19(16)24/h3-11H,12H2,1-2H3. The van der Waals surface area contributed by atoms with Crippen LogP contribution in [0.4, 0.5) is 0 Å². The summed E-state index contributed by atoms with van der Waals surface area (Å²) in [6, 6.07) is 15.1. The summed E-state index contributed by atoms with van der Waals surface area (Å²) >= 11 is 18.3. The molecular formula is C21H17Cl3N2O2. The summed E-state index contributed by atoms with van der Waals surface area (Å²) < 4.78 is 1.70. The molecule has 1 heterocycles. The summed E-state index contributed by atoms with van der Waals surface area (Å²) in [5.41, 5.74) is 2.23. The second-order valence-corrected chi connectivity index (χ2v) is 7.57. The van der Waals surface area contributed by atoms with Crippen molar-refractivity contribution >= 4 is 46.5 Å². The van der Waals surface area contributed by atoms with Crippen LogP contribution in [0.15, 0.2) is 54.6 Å². The largest absolute Gasteiger partial charge is 0.292 e. The van der Waals surface area contributed by atoms with E-state index in [1.807, 2.05) is 26.0 Å². The lowest BCUT2D eigenvalue weighted by molar-refractivity contribution is 0.0908. The minimum Gasteiger partial charge on any atom is -0.292 e. The first-order chi connectivity index (χ1) is 13.3. The van der Waals surface area contributed by atoms with Gasteiger partial charge in [-0.15, -0.1) is 0 Å². The number of rotatable bonds is 5. The van der Waals surface area contributed by atoms with Crippen molar-refractivity contribution in [3.8, 4) is 0 Å². The number of hydrogen-bond acceptors (Lipinski definition) is 2. The molecule has 0 N–H and O–H groups in total. The number of amides is 1. The maximum absolute atomic E-state index is 13.3. The molecule has 0 saturated carbocycles. The molecule has 1 aromatic heterocycles. The van der Waals surface area contributed by atoms with Gasteiger partial charge >= 0.3 is 0 Å². The summed E-state index contributed by atoms with van der Waals surface area (Å²) in [5, 5.41) is 2.36. The van der Waals surface area contributed by atoms with E-state index in [-0.39, 0.29) is 23.3 Å². The highest BCUT2D eigenvalue weighted by atomic mass is 35.5. The molecule has 3 aromatic rings. The Hall–Kier alpha value is -2.27. The Kier molecular flexibility index (Phi) is 6.14. The highest BCUT2D eigenvalue weighted by molar-refractivity contribution is 6.37. The monoisotopic (exact) mass is 434 g/mol. The first-order valence-electron chi connectivity index (χ1n) is 8.49. The van der Waals surface area contributed by atoms with Crippen molar-refractivity contribution in [2.24, 2.45) is 0 Å². The average molecular weight is 436 g/mol. The first-order valence-corrected chi connectivity index (χ1v) is 9.63. The van der Waals surface area contributed by atoms with Crippen molar-refractivity contribution in [3.63, 3.8) is 0 Å². The maximum atomic E-state index is 13.3. The second-order valence-electron chi connectivity index (χ2n) is 6.32. The van der Waals surface area contributed by atoms with Gasteiger partial charge in [-0.3, -0.25) is 14.3 Å². The number of ketones is 1. The minimum absolute atomic E-state index is 0.207. The number of benzene rings is 2. The number of aryl methyl sites for hydroxylation is 2. The third-order valence-electron chi connectivity index (χ3n) is 4.34. The van der Waals surface area contributed by atoms with Crippen LogP contribution in [0.5, 0.6) is 0 Å². The van der Waals surface area contributed by atoms with Crippen LogP contribution in [0.1, 0.15) is 32.1 Å². The smallest absolute Gasteiger partial charge is 0.274 e. The lowest BCUT2D eigenvalue weighted by Gasteiger charge is -2.27. The zero-order valence-electron chi connectivity index (χ0n) is 15.2. The van der Waals surface area contributed by atoms with Gasteiger partial charge in [-0.05, 0) is 56.3 Å². The fourth-order valence-electron chi connectivity index (χ4n) is 2.99. The van der Waals surface area contributed by atoms with E-state index >= 15 is 0 Å². The number of Topliss-reactive ketones (excluding diaryl/α,β-unsaturated/α-hetero) is 1. The Balaban J connectivity index is 2.03. The summed E-state index contributed by atoms with van der Waals surface area (Å²) in [5.74, 6) is -0.694. The first kappa shape index (κ1) is 20.5. The Labute approximate surface area is 178 Å². The fourth-order valence-corrected chi connectivity index (χ4v) is 3.72. The van der Waals surface area contributed by atoms with Crippen molar-refractivity contribution in [2.75, 3.05) is 11.6 Å². The molecule has 28 heavy (non-hydrogen) atoms. The summed E-state index contributed by atoms with van der Waals surface area (Å²) in [4.78, 5) is 26.2. The number of carbonyl (C=O) groups is 2. The van der Waals surface area contributed by atoms with E-state index in [1.165, 1.54) is 11.1 Å². The molecule has 4 nitrogen and oxygen atoms in total. The average Bonchev–Trinajstić information content (AvgIpc) is 2.98. The van der Waals surface area contributed by atoms with Gasteiger partial charge in [-0.2, -0.15) is 0 Å². The number of hydrogen-bond donors (Lipinski definition) is 0. The summed E-state index contributed by atoms with van der Waals surface area (Å²) in [6.45, 7) is 3.51. The molecule has 0 spiro atoms. The summed E-state index contributed by atoms with van der Waals surface area (Å²) in [7, 11) is 0. The van der Waals surface area contributed by atoms with Crippen molar-refractivity contribution in [1.29, 1.82) is 0 Å². The molecule has 0 aliphatic heterocycles. The van der Waals surface area contributed by atoms with Gasteiger partial charge in [-0.25, -0.2) is 5.01 Å². The van der Waals surface area contributed by atoms with Gasteiger partial charge < -0.3 is 0 Å². The quantitative estimate of drug-likeness (QED) is 0.481. The van der Waals surface area contributed by atoms with E-state index in [0.717, 1.165) is 11.4 Å². The highest BCUT2D eigenvalue weighted by Crippen LogP contribution is 2.23. The zero-order chi connectivity index (χ0) is 20.4. The van der Waals surface area contributed by atoms with Gasteiger partial charge in [0.25, 0.3) is 5.91 Å². The molecule has 3 rings (SSSR count). The van der Waals surface area contributed by atoms with E-state index < -0.39 is 0 Å². The molecule has 144 valence electrons. The van der Waals surface area contributed by atoms with Crippen LogP contribution in [0, 0.1) is 13.8 Å². The maximum Gasteiger partial charge on any atom is 0.274 e. The van der Waals surface area contributed by atoms with Crippen molar-refractivity contribution in [1.82, 2.24) is 4.68 Å². The lowest BCUT2D eigenvalue weighted by Crippen LogP contribution is -2.45. The molecule has 0 aliphatic carbocycles. The van der Waals surface area contributed by atoms with E-state index in [0.29, 0.717) is 21.2 Å². The van der Waals surface area contributed by atoms with Gasteiger partial charge in [0.15, 0.2) is 5.78 Å². The normalized spacial score (nSPS) is 10.8. The predicted octanol–water partition coefficient (Wildman–Crippen LogP) is 5.73. The predicted molar refractivity (Wildman–Crippen MR) is 114 cm³/mol. The van der Waals surface area contributed by atoms with E-state index in [9.17, 15) is 9.59 Å². The fraction of sp³-hybridized carbons (Fsp3) is 0.143. The third kappa shape index (κ3) is 4.09. The van der Waals surface area contributed by atoms with Crippen molar-refractivity contribution in [2.45, 2.75) is 13.8 Å². The lowest BCUT2D eigenvalue weighted by atomic mass is 10.1. The number of carbonyl (C=O) groups excluding carboxylic acids is 2. The van der Waals surface area contributed by atoms with Crippen LogP contribution in [-0.2, 0) is 0 Å². The Bertz CT molecular complexity index is 1040. The Morgan fingerprint density at radius 2 is 1.50 bits per heavy atom. The minimum atomic E-state index is -0.383. The Morgan fingerprint density at radius 3 is 2.11 bits per heavy atom. The molecule has 0 aliphatic rings. The van der Waals surface area contributed by atoms with E-state index in [2.05, 4.69) is 0 Å². The molecule has 0 bridgehead atoms. The second kappa shape index (κ2) is 8.39. The topological polar surface area (TPSA) is 42.3 Å². The molecule has 0 fully saturated rings. The van der Waals surface area contributed by atoms with Crippen LogP contribution < -0.4 is 5.01 Å². The van der Waals surface area contributed by atoms with Crippen LogP contribution >= 0.6 is 34.8 Å². The van der Waals surface area contributed by atoms with Gasteiger partial charge in [0, 0.05) is 22.0 Å². The molecule has 0 radical (unpaired) electrons. The van der Waals surface area contributed by atoms with Crippen LogP contribution in [0.3, 0.4) is 0 Å². The van der Waals surface area contributed by atoms with Crippen LogP contribution in [-0.4, -0.2) is 22.9 Å². The number of nitrogens with zero attached hydrogens (tertiary/aromatic N) is 2. The van der Waals surface area contributed by atoms with Gasteiger partial charge in [-0.1, -0.05) is 46.9 Å². The molecule has 0 atom stereocenters. The Morgan fingerprint density at radius 1 is 0.857 bits per heavy atom.